The van der Waals surface area contributed by atoms with Gasteiger partial charge in [-0.05, 0) is 12.1 Å². The Hall–Kier alpha value is -0.890. The molecule has 1 saturated heterocycles. The molecule has 1 aliphatic heterocycles. The van der Waals surface area contributed by atoms with Crippen molar-refractivity contribution < 1.29 is 27.1 Å². The van der Waals surface area contributed by atoms with Crippen LogP contribution in [0.2, 0.25) is 5.02 Å². The van der Waals surface area contributed by atoms with Crippen LogP contribution in [0.5, 0.6) is 0 Å². The van der Waals surface area contributed by atoms with Crippen LogP contribution in [0.3, 0.4) is 0 Å². The van der Waals surface area contributed by atoms with Gasteiger partial charge in [0.1, 0.15) is 11.9 Å². The van der Waals surface area contributed by atoms with E-state index in [1.165, 1.54) is 0 Å². The summed E-state index contributed by atoms with van der Waals surface area (Å²) in [6, 6.07) is 1.50. The van der Waals surface area contributed by atoms with E-state index >= 15 is 0 Å². The molecule has 0 radical (unpaired) electrons. The predicted molar refractivity (Wildman–Crippen MR) is 64.5 cm³/mol. The zero-order valence-electron chi connectivity index (χ0n) is 9.23. The molecule has 5 nitrogen and oxygen atoms in total. The molecule has 0 bridgehead atoms. The fourth-order valence-electron chi connectivity index (χ4n) is 1.35. The SMILES string of the molecule is O=C(OC1COC1)c1cc(S(=O)(=O)Cl)cc(F)c1Cl. The van der Waals surface area contributed by atoms with Crippen molar-refractivity contribution in [3.05, 3.63) is 28.5 Å². The Bertz CT molecular complexity index is 627. The summed E-state index contributed by atoms with van der Waals surface area (Å²) in [5, 5.41) is -0.519. The van der Waals surface area contributed by atoms with Gasteiger partial charge < -0.3 is 9.47 Å². The summed E-state index contributed by atoms with van der Waals surface area (Å²) < 4.78 is 45.5. The minimum absolute atomic E-state index is 0.235. The summed E-state index contributed by atoms with van der Waals surface area (Å²) in [6.07, 6.45) is -0.442. The fourth-order valence-corrected chi connectivity index (χ4v) is 2.31. The first-order valence-corrected chi connectivity index (χ1v) is 7.70. The molecule has 0 N–H and O–H groups in total. The summed E-state index contributed by atoms with van der Waals surface area (Å²) in [5.74, 6) is -2.00. The summed E-state index contributed by atoms with van der Waals surface area (Å²) in [5.41, 5.74) is -0.396. The van der Waals surface area contributed by atoms with Gasteiger partial charge in [0.25, 0.3) is 9.05 Å². The van der Waals surface area contributed by atoms with Crippen LogP contribution in [0.25, 0.3) is 0 Å². The number of rotatable bonds is 3. The second kappa shape index (κ2) is 5.24. The van der Waals surface area contributed by atoms with Crippen LogP contribution in [0.15, 0.2) is 17.0 Å². The van der Waals surface area contributed by atoms with Crippen molar-refractivity contribution in [3.63, 3.8) is 0 Å². The molecule has 1 aromatic carbocycles. The Kier molecular flexibility index (Phi) is 4.00. The number of benzene rings is 1. The molecule has 1 heterocycles. The molecule has 2 rings (SSSR count). The van der Waals surface area contributed by atoms with Crippen molar-refractivity contribution in [1.29, 1.82) is 0 Å². The lowest BCUT2D eigenvalue weighted by Crippen LogP contribution is -2.37. The van der Waals surface area contributed by atoms with Crippen LogP contribution in [0.4, 0.5) is 4.39 Å². The maximum atomic E-state index is 13.5. The third kappa shape index (κ3) is 3.17. The van der Waals surface area contributed by atoms with E-state index in [1.807, 2.05) is 0 Å². The lowest BCUT2D eigenvalue weighted by Gasteiger charge is -2.25. The van der Waals surface area contributed by atoms with E-state index in [1.54, 1.807) is 0 Å². The van der Waals surface area contributed by atoms with Gasteiger partial charge in [0, 0.05) is 10.7 Å². The van der Waals surface area contributed by atoms with Crippen molar-refractivity contribution in [1.82, 2.24) is 0 Å². The Balaban J connectivity index is 2.37. The maximum absolute atomic E-state index is 13.5. The number of ether oxygens (including phenoxy) is 2. The lowest BCUT2D eigenvalue weighted by molar-refractivity contribution is -0.103. The van der Waals surface area contributed by atoms with Gasteiger partial charge in [-0.2, -0.15) is 0 Å². The number of esters is 1. The monoisotopic (exact) mass is 328 g/mol. The molecule has 0 aliphatic carbocycles. The topological polar surface area (TPSA) is 69.7 Å². The molecule has 0 unspecified atom stereocenters. The van der Waals surface area contributed by atoms with Crippen LogP contribution in [-0.2, 0) is 18.5 Å². The lowest BCUT2D eigenvalue weighted by atomic mass is 10.2. The molecule has 0 saturated carbocycles. The highest BCUT2D eigenvalue weighted by molar-refractivity contribution is 8.13. The quantitative estimate of drug-likeness (QED) is 0.626. The van der Waals surface area contributed by atoms with E-state index in [0.717, 1.165) is 6.07 Å². The Morgan fingerprint density at radius 2 is 2.05 bits per heavy atom. The first kappa shape index (κ1) is 14.5. The molecule has 1 aromatic rings. The van der Waals surface area contributed by atoms with Gasteiger partial charge >= 0.3 is 5.97 Å². The Morgan fingerprint density at radius 3 is 2.53 bits per heavy atom. The molecule has 1 fully saturated rings. The van der Waals surface area contributed by atoms with Gasteiger partial charge in [-0.25, -0.2) is 17.6 Å². The molecular weight excluding hydrogens is 322 g/mol. The van der Waals surface area contributed by atoms with Crippen LogP contribution < -0.4 is 0 Å². The minimum Gasteiger partial charge on any atom is -0.454 e. The van der Waals surface area contributed by atoms with Gasteiger partial charge in [0.15, 0.2) is 0 Å². The average molecular weight is 329 g/mol. The third-order valence-electron chi connectivity index (χ3n) is 2.38. The van der Waals surface area contributed by atoms with Crippen LogP contribution in [-0.4, -0.2) is 33.7 Å². The minimum atomic E-state index is -4.18. The molecule has 19 heavy (non-hydrogen) atoms. The van der Waals surface area contributed by atoms with Gasteiger partial charge in [0.05, 0.1) is 28.7 Å². The average Bonchev–Trinajstić information content (AvgIpc) is 2.25. The van der Waals surface area contributed by atoms with Gasteiger partial charge in [-0.1, -0.05) is 11.6 Å². The second-order valence-corrected chi connectivity index (χ2v) is 6.71. The molecule has 0 atom stereocenters. The zero-order valence-corrected chi connectivity index (χ0v) is 11.6. The van der Waals surface area contributed by atoms with E-state index < -0.39 is 42.4 Å². The Morgan fingerprint density at radius 1 is 1.42 bits per heavy atom. The van der Waals surface area contributed by atoms with Crippen molar-refractivity contribution in [2.24, 2.45) is 0 Å². The number of hydrogen-bond donors (Lipinski definition) is 0. The summed E-state index contributed by atoms with van der Waals surface area (Å²) >= 11 is 5.61. The normalized spacial score (nSPS) is 15.9. The number of carbonyl (C=O) groups excluding carboxylic acids is 1. The number of hydrogen-bond acceptors (Lipinski definition) is 5. The van der Waals surface area contributed by atoms with E-state index in [0.29, 0.717) is 6.07 Å². The van der Waals surface area contributed by atoms with Gasteiger partial charge in [-0.15, -0.1) is 0 Å². The molecule has 0 aromatic heterocycles. The van der Waals surface area contributed by atoms with Gasteiger partial charge in [0.2, 0.25) is 0 Å². The van der Waals surface area contributed by atoms with E-state index in [2.05, 4.69) is 0 Å². The number of carbonyl (C=O) groups is 1. The first-order valence-electron chi connectivity index (χ1n) is 5.01. The van der Waals surface area contributed by atoms with E-state index in [4.69, 9.17) is 31.8 Å². The van der Waals surface area contributed by atoms with Crippen LogP contribution >= 0.6 is 22.3 Å². The molecule has 1 aliphatic rings. The maximum Gasteiger partial charge on any atom is 0.340 e. The molecule has 0 spiro atoms. The highest BCUT2D eigenvalue weighted by Gasteiger charge is 2.27. The van der Waals surface area contributed by atoms with Crippen LogP contribution in [0.1, 0.15) is 10.4 Å². The van der Waals surface area contributed by atoms with E-state index in [-0.39, 0.29) is 13.2 Å². The Labute approximate surface area is 117 Å². The van der Waals surface area contributed by atoms with E-state index in [9.17, 15) is 17.6 Å². The largest absolute Gasteiger partial charge is 0.454 e. The van der Waals surface area contributed by atoms with Crippen LogP contribution in [0, 0.1) is 5.82 Å². The molecule has 104 valence electrons. The second-order valence-electron chi connectivity index (χ2n) is 3.77. The highest BCUT2D eigenvalue weighted by atomic mass is 35.7. The van der Waals surface area contributed by atoms with Crippen molar-refractivity contribution in [3.8, 4) is 0 Å². The first-order chi connectivity index (χ1) is 8.79. The summed E-state index contributed by atoms with van der Waals surface area (Å²) in [6.45, 7) is 0.471. The fraction of sp³-hybridized carbons (Fsp3) is 0.300. The van der Waals surface area contributed by atoms with Crippen molar-refractivity contribution in [2.45, 2.75) is 11.0 Å². The number of halogens is 3. The smallest absolute Gasteiger partial charge is 0.340 e. The van der Waals surface area contributed by atoms with Gasteiger partial charge in [-0.3, -0.25) is 0 Å². The van der Waals surface area contributed by atoms with Crippen molar-refractivity contribution in [2.75, 3.05) is 13.2 Å². The zero-order chi connectivity index (χ0) is 14.2. The standard InChI is InChI=1S/C10H7Cl2FO5S/c11-9-7(10(14)18-5-3-17-4-5)1-6(2-8(9)13)19(12,15)16/h1-2,5H,3-4H2. The molecular formula is C10H7Cl2FO5S. The third-order valence-corrected chi connectivity index (χ3v) is 4.10. The molecule has 9 heteroatoms. The highest BCUT2D eigenvalue weighted by Crippen LogP contribution is 2.27. The van der Waals surface area contributed by atoms with Crippen molar-refractivity contribution >= 4 is 37.3 Å². The predicted octanol–water partition coefficient (Wildman–Crippen LogP) is 1.96. The molecule has 0 amide bonds. The summed E-state index contributed by atoms with van der Waals surface area (Å²) in [7, 11) is 0.917. The summed E-state index contributed by atoms with van der Waals surface area (Å²) in [4.78, 5) is 11.2.